The van der Waals surface area contributed by atoms with Crippen LogP contribution in [0.15, 0.2) is 36.4 Å². The minimum absolute atomic E-state index is 0.243. The lowest BCUT2D eigenvalue weighted by atomic mass is 10.1. The number of hydrogen-bond donors (Lipinski definition) is 1. The second-order valence-electron chi connectivity index (χ2n) is 4.67. The van der Waals surface area contributed by atoms with Crippen LogP contribution in [0.4, 0.5) is 4.39 Å². The Bertz CT molecular complexity index is 581. The average molecular weight is 259 g/mol. The van der Waals surface area contributed by atoms with Crippen LogP contribution in [0.3, 0.4) is 0 Å². The molecule has 19 heavy (non-hydrogen) atoms. The highest BCUT2D eigenvalue weighted by molar-refractivity contribution is 5.40. The molecule has 0 unspecified atom stereocenters. The predicted molar refractivity (Wildman–Crippen MR) is 75.1 cm³/mol. The molecule has 100 valence electrons. The minimum atomic E-state index is -0.356. The van der Waals surface area contributed by atoms with Gasteiger partial charge >= 0.3 is 0 Å². The summed E-state index contributed by atoms with van der Waals surface area (Å²) >= 11 is 0. The largest absolute Gasteiger partial charge is 0.454 e. The van der Waals surface area contributed by atoms with Crippen LogP contribution in [0.5, 0.6) is 11.5 Å². The molecule has 0 aliphatic rings. The first-order valence-electron chi connectivity index (χ1n) is 6.34. The van der Waals surface area contributed by atoms with Gasteiger partial charge in [0, 0.05) is 0 Å². The van der Waals surface area contributed by atoms with E-state index in [4.69, 9.17) is 10.5 Å². The maximum atomic E-state index is 13.9. The molecule has 2 aromatic rings. The van der Waals surface area contributed by atoms with Crippen molar-refractivity contribution in [1.82, 2.24) is 0 Å². The van der Waals surface area contributed by atoms with Crippen molar-refractivity contribution in [3.05, 3.63) is 58.9 Å². The quantitative estimate of drug-likeness (QED) is 0.907. The van der Waals surface area contributed by atoms with Crippen molar-refractivity contribution in [1.29, 1.82) is 0 Å². The maximum Gasteiger partial charge on any atom is 0.165 e. The SMILES string of the molecule is Cc1ccc(Oc2ccc(CCN)cc2F)c(C)c1. The molecule has 2 rings (SSSR count). The summed E-state index contributed by atoms with van der Waals surface area (Å²) < 4.78 is 19.5. The van der Waals surface area contributed by atoms with Gasteiger partial charge in [-0.2, -0.15) is 0 Å². The predicted octanol–water partition coefficient (Wildman–Crippen LogP) is 3.74. The fraction of sp³-hybridized carbons (Fsp3) is 0.250. The normalized spacial score (nSPS) is 10.5. The zero-order valence-corrected chi connectivity index (χ0v) is 11.2. The Morgan fingerprint density at radius 3 is 2.42 bits per heavy atom. The molecule has 0 atom stereocenters. The van der Waals surface area contributed by atoms with Gasteiger partial charge in [0.1, 0.15) is 5.75 Å². The summed E-state index contributed by atoms with van der Waals surface area (Å²) in [5.41, 5.74) is 8.48. The van der Waals surface area contributed by atoms with E-state index < -0.39 is 0 Å². The summed E-state index contributed by atoms with van der Waals surface area (Å²) in [5, 5.41) is 0. The van der Waals surface area contributed by atoms with Crippen LogP contribution in [0.25, 0.3) is 0 Å². The van der Waals surface area contributed by atoms with Crippen molar-refractivity contribution in [2.24, 2.45) is 5.73 Å². The molecule has 0 aliphatic carbocycles. The lowest BCUT2D eigenvalue weighted by Crippen LogP contribution is -2.03. The Morgan fingerprint density at radius 2 is 1.79 bits per heavy atom. The third kappa shape index (κ3) is 3.32. The lowest BCUT2D eigenvalue weighted by Gasteiger charge is -2.11. The molecule has 2 aromatic carbocycles. The first kappa shape index (κ1) is 13.6. The molecule has 0 aromatic heterocycles. The molecule has 0 aliphatic heterocycles. The van der Waals surface area contributed by atoms with Crippen LogP contribution in [0.2, 0.25) is 0 Å². The molecular formula is C16H18FNO. The highest BCUT2D eigenvalue weighted by Crippen LogP contribution is 2.28. The van der Waals surface area contributed by atoms with Gasteiger partial charge < -0.3 is 10.5 Å². The van der Waals surface area contributed by atoms with Crippen LogP contribution < -0.4 is 10.5 Å². The van der Waals surface area contributed by atoms with Crippen molar-refractivity contribution in [2.45, 2.75) is 20.3 Å². The molecule has 3 heteroatoms. The van der Waals surface area contributed by atoms with Gasteiger partial charge in [-0.25, -0.2) is 4.39 Å². The first-order valence-corrected chi connectivity index (χ1v) is 6.34. The van der Waals surface area contributed by atoms with Crippen molar-refractivity contribution in [3.63, 3.8) is 0 Å². The number of nitrogens with two attached hydrogens (primary N) is 1. The van der Waals surface area contributed by atoms with Crippen LogP contribution in [0.1, 0.15) is 16.7 Å². The third-order valence-corrected chi connectivity index (χ3v) is 2.98. The molecule has 2 N–H and O–H groups in total. The summed E-state index contributed by atoms with van der Waals surface area (Å²) in [5.74, 6) is 0.565. The van der Waals surface area contributed by atoms with Crippen LogP contribution in [0, 0.1) is 19.7 Å². The molecule has 0 saturated carbocycles. The van der Waals surface area contributed by atoms with Gasteiger partial charge in [-0.3, -0.25) is 0 Å². The monoisotopic (exact) mass is 259 g/mol. The van der Waals surface area contributed by atoms with Gasteiger partial charge in [0.2, 0.25) is 0 Å². The van der Waals surface area contributed by atoms with E-state index in [-0.39, 0.29) is 11.6 Å². The van der Waals surface area contributed by atoms with Crippen LogP contribution in [-0.4, -0.2) is 6.54 Å². The Hall–Kier alpha value is -1.87. The van der Waals surface area contributed by atoms with E-state index in [1.54, 1.807) is 6.07 Å². The lowest BCUT2D eigenvalue weighted by molar-refractivity contribution is 0.439. The van der Waals surface area contributed by atoms with Crippen LogP contribution >= 0.6 is 0 Å². The van der Waals surface area contributed by atoms with E-state index in [0.717, 1.165) is 16.7 Å². The van der Waals surface area contributed by atoms with Crippen molar-refractivity contribution in [2.75, 3.05) is 6.54 Å². The van der Waals surface area contributed by atoms with Gasteiger partial charge in [0.25, 0.3) is 0 Å². The smallest absolute Gasteiger partial charge is 0.165 e. The van der Waals surface area contributed by atoms with E-state index in [1.165, 1.54) is 6.07 Å². The topological polar surface area (TPSA) is 35.2 Å². The van der Waals surface area contributed by atoms with Crippen molar-refractivity contribution < 1.29 is 9.13 Å². The zero-order valence-electron chi connectivity index (χ0n) is 11.2. The number of aryl methyl sites for hydroxylation is 2. The molecule has 0 radical (unpaired) electrons. The minimum Gasteiger partial charge on any atom is -0.454 e. The third-order valence-electron chi connectivity index (χ3n) is 2.98. The van der Waals surface area contributed by atoms with E-state index >= 15 is 0 Å². The fourth-order valence-electron chi connectivity index (χ4n) is 1.98. The highest BCUT2D eigenvalue weighted by atomic mass is 19.1. The maximum absolute atomic E-state index is 13.9. The van der Waals surface area contributed by atoms with Gasteiger partial charge in [0.15, 0.2) is 11.6 Å². The zero-order chi connectivity index (χ0) is 13.8. The molecule has 0 saturated heterocycles. The first-order chi connectivity index (χ1) is 9.10. The van der Waals surface area contributed by atoms with E-state index in [2.05, 4.69) is 0 Å². The van der Waals surface area contributed by atoms with E-state index in [0.29, 0.717) is 18.7 Å². The molecule has 2 nitrogen and oxygen atoms in total. The Balaban J connectivity index is 2.23. The van der Waals surface area contributed by atoms with E-state index in [1.807, 2.05) is 38.1 Å². The number of halogens is 1. The van der Waals surface area contributed by atoms with Crippen molar-refractivity contribution >= 4 is 0 Å². The summed E-state index contributed by atoms with van der Waals surface area (Å²) in [4.78, 5) is 0. The molecule has 0 heterocycles. The van der Waals surface area contributed by atoms with Gasteiger partial charge in [-0.1, -0.05) is 23.8 Å². The fourth-order valence-corrected chi connectivity index (χ4v) is 1.98. The van der Waals surface area contributed by atoms with Gasteiger partial charge in [0.05, 0.1) is 0 Å². The van der Waals surface area contributed by atoms with Crippen molar-refractivity contribution in [3.8, 4) is 11.5 Å². The summed E-state index contributed by atoms with van der Waals surface area (Å²) in [7, 11) is 0. The average Bonchev–Trinajstić information content (AvgIpc) is 2.36. The molecule has 0 bridgehead atoms. The second kappa shape index (κ2) is 5.85. The van der Waals surface area contributed by atoms with Gasteiger partial charge in [-0.15, -0.1) is 0 Å². The summed E-state index contributed by atoms with van der Waals surface area (Å²) in [6.07, 6.45) is 0.667. The number of ether oxygens (including phenoxy) is 1. The second-order valence-corrected chi connectivity index (χ2v) is 4.67. The van der Waals surface area contributed by atoms with Gasteiger partial charge in [-0.05, 0) is 56.1 Å². The number of hydrogen-bond acceptors (Lipinski definition) is 2. The van der Waals surface area contributed by atoms with Crippen LogP contribution in [-0.2, 0) is 6.42 Å². The number of rotatable bonds is 4. The molecule has 0 fully saturated rings. The van der Waals surface area contributed by atoms with E-state index in [9.17, 15) is 4.39 Å². The molecule has 0 amide bonds. The standard InChI is InChI=1S/C16H18FNO/c1-11-3-5-15(12(2)9-11)19-16-6-4-13(7-8-18)10-14(16)17/h3-6,9-10H,7-8,18H2,1-2H3. The molecule has 0 spiro atoms. The Morgan fingerprint density at radius 1 is 1.05 bits per heavy atom. The summed E-state index contributed by atoms with van der Waals surface area (Å²) in [6.45, 7) is 4.47. The highest BCUT2D eigenvalue weighted by Gasteiger charge is 2.07. The Kier molecular flexibility index (Phi) is 4.17. The number of benzene rings is 2. The summed E-state index contributed by atoms with van der Waals surface area (Å²) in [6, 6.07) is 10.8. The molecular weight excluding hydrogens is 241 g/mol. The Labute approximate surface area is 113 Å².